The highest BCUT2D eigenvalue weighted by Gasteiger charge is 2.41. The molecule has 1 saturated carbocycles. The van der Waals surface area contributed by atoms with E-state index >= 15 is 0 Å². The first-order valence-corrected chi connectivity index (χ1v) is 7.13. The van der Waals surface area contributed by atoms with Crippen molar-refractivity contribution in [2.45, 2.75) is 40.0 Å². The number of hydrogen-bond acceptors (Lipinski definition) is 2. The first-order chi connectivity index (χ1) is 8.97. The standard InChI is InChI=1S/C16H24N2O/c1-4-18(14-10-6-5-9-13(14)17)15(19)12-8-7-11-16(12,2)3/h5-6,9-10,12H,4,7-8,11,17H2,1-3H3. The van der Waals surface area contributed by atoms with Gasteiger partial charge in [0.05, 0.1) is 11.4 Å². The number of para-hydroxylation sites is 2. The van der Waals surface area contributed by atoms with Gasteiger partial charge in [0.25, 0.3) is 0 Å². The number of anilines is 2. The molecule has 3 nitrogen and oxygen atoms in total. The summed E-state index contributed by atoms with van der Waals surface area (Å²) in [7, 11) is 0. The van der Waals surface area contributed by atoms with Crippen LogP contribution in [0.1, 0.15) is 40.0 Å². The second-order valence-electron chi connectivity index (χ2n) is 6.07. The van der Waals surface area contributed by atoms with Crippen LogP contribution in [-0.4, -0.2) is 12.5 Å². The van der Waals surface area contributed by atoms with Gasteiger partial charge in [-0.3, -0.25) is 4.79 Å². The summed E-state index contributed by atoms with van der Waals surface area (Å²) in [6.07, 6.45) is 3.27. The molecular formula is C16H24N2O. The molecule has 19 heavy (non-hydrogen) atoms. The maximum Gasteiger partial charge on any atom is 0.230 e. The van der Waals surface area contributed by atoms with Crippen molar-refractivity contribution in [1.82, 2.24) is 0 Å². The highest BCUT2D eigenvalue weighted by molar-refractivity contribution is 5.98. The van der Waals surface area contributed by atoms with Gasteiger partial charge in [-0.1, -0.05) is 32.4 Å². The lowest BCUT2D eigenvalue weighted by Crippen LogP contribution is -2.40. The molecule has 0 aromatic heterocycles. The lowest BCUT2D eigenvalue weighted by molar-refractivity contribution is -0.124. The van der Waals surface area contributed by atoms with E-state index in [9.17, 15) is 4.79 Å². The van der Waals surface area contributed by atoms with Gasteiger partial charge in [-0.15, -0.1) is 0 Å². The summed E-state index contributed by atoms with van der Waals surface area (Å²) < 4.78 is 0. The molecule has 0 heterocycles. The third kappa shape index (κ3) is 2.60. The maximum absolute atomic E-state index is 12.8. The Hall–Kier alpha value is -1.51. The van der Waals surface area contributed by atoms with Crippen molar-refractivity contribution in [3.63, 3.8) is 0 Å². The van der Waals surface area contributed by atoms with Crippen molar-refractivity contribution < 1.29 is 4.79 Å². The highest BCUT2D eigenvalue weighted by Crippen LogP contribution is 2.44. The number of amides is 1. The summed E-state index contributed by atoms with van der Waals surface area (Å²) in [5, 5.41) is 0. The van der Waals surface area contributed by atoms with Crippen LogP contribution in [0.2, 0.25) is 0 Å². The molecule has 1 unspecified atom stereocenters. The summed E-state index contributed by atoms with van der Waals surface area (Å²) in [6.45, 7) is 7.07. The Morgan fingerprint density at radius 3 is 2.63 bits per heavy atom. The van der Waals surface area contributed by atoms with Gasteiger partial charge in [0.15, 0.2) is 0 Å². The number of nitrogens with zero attached hydrogens (tertiary/aromatic N) is 1. The smallest absolute Gasteiger partial charge is 0.230 e. The van der Waals surface area contributed by atoms with E-state index < -0.39 is 0 Å². The van der Waals surface area contributed by atoms with E-state index in [-0.39, 0.29) is 17.2 Å². The first kappa shape index (κ1) is 13.9. The summed E-state index contributed by atoms with van der Waals surface area (Å²) >= 11 is 0. The SMILES string of the molecule is CCN(C(=O)C1CCCC1(C)C)c1ccccc1N. The first-order valence-electron chi connectivity index (χ1n) is 7.13. The van der Waals surface area contributed by atoms with Gasteiger partial charge in [0.2, 0.25) is 5.91 Å². The Morgan fingerprint density at radius 1 is 1.42 bits per heavy atom. The number of carbonyl (C=O) groups excluding carboxylic acids is 1. The number of benzene rings is 1. The monoisotopic (exact) mass is 260 g/mol. The fraction of sp³-hybridized carbons (Fsp3) is 0.562. The van der Waals surface area contributed by atoms with Crippen LogP contribution in [0.3, 0.4) is 0 Å². The van der Waals surface area contributed by atoms with Crippen molar-refractivity contribution in [2.75, 3.05) is 17.2 Å². The third-order valence-electron chi connectivity index (χ3n) is 4.37. The van der Waals surface area contributed by atoms with Gasteiger partial charge in [-0.2, -0.15) is 0 Å². The predicted molar refractivity (Wildman–Crippen MR) is 80.0 cm³/mol. The van der Waals surface area contributed by atoms with Crippen molar-refractivity contribution in [2.24, 2.45) is 11.3 Å². The molecule has 1 aliphatic rings. The highest BCUT2D eigenvalue weighted by atomic mass is 16.2. The van der Waals surface area contributed by atoms with Gasteiger partial charge in [-0.05, 0) is 37.3 Å². The minimum atomic E-state index is 0.105. The number of rotatable bonds is 3. The van der Waals surface area contributed by atoms with Crippen LogP contribution in [0.5, 0.6) is 0 Å². The quantitative estimate of drug-likeness (QED) is 0.846. The molecule has 1 fully saturated rings. The minimum absolute atomic E-state index is 0.105. The Bertz CT molecular complexity index is 468. The van der Waals surface area contributed by atoms with Gasteiger partial charge >= 0.3 is 0 Å². The Balaban J connectivity index is 2.28. The Kier molecular flexibility index (Phi) is 3.83. The molecule has 0 bridgehead atoms. The zero-order valence-electron chi connectivity index (χ0n) is 12.1. The van der Waals surface area contributed by atoms with Crippen LogP contribution < -0.4 is 10.6 Å². The van der Waals surface area contributed by atoms with Gasteiger partial charge in [0.1, 0.15) is 0 Å². The average molecular weight is 260 g/mol. The molecule has 1 aromatic carbocycles. The second kappa shape index (κ2) is 5.24. The summed E-state index contributed by atoms with van der Waals surface area (Å²) in [6, 6.07) is 7.61. The number of hydrogen-bond donors (Lipinski definition) is 1. The van der Waals surface area contributed by atoms with Crippen LogP contribution in [0, 0.1) is 11.3 Å². The van der Waals surface area contributed by atoms with Crippen molar-refractivity contribution in [3.8, 4) is 0 Å². The molecule has 1 aromatic rings. The fourth-order valence-corrected chi connectivity index (χ4v) is 3.15. The molecular weight excluding hydrogens is 236 g/mol. The average Bonchev–Trinajstić information content (AvgIpc) is 2.72. The lowest BCUT2D eigenvalue weighted by atomic mass is 9.81. The van der Waals surface area contributed by atoms with Crippen molar-refractivity contribution in [3.05, 3.63) is 24.3 Å². The maximum atomic E-state index is 12.8. The summed E-state index contributed by atoms with van der Waals surface area (Å²) in [5.41, 5.74) is 7.63. The van der Waals surface area contributed by atoms with E-state index in [0.29, 0.717) is 12.2 Å². The Labute approximate surface area is 115 Å². The molecule has 3 heteroatoms. The van der Waals surface area contributed by atoms with Crippen LogP contribution in [-0.2, 0) is 4.79 Å². The van der Waals surface area contributed by atoms with Crippen LogP contribution in [0.25, 0.3) is 0 Å². The number of nitrogen functional groups attached to an aromatic ring is 1. The molecule has 104 valence electrons. The van der Waals surface area contributed by atoms with E-state index in [1.54, 1.807) is 0 Å². The van der Waals surface area contributed by atoms with E-state index in [0.717, 1.165) is 24.9 Å². The van der Waals surface area contributed by atoms with Gasteiger partial charge < -0.3 is 10.6 Å². The molecule has 0 aliphatic heterocycles. The zero-order chi connectivity index (χ0) is 14.0. The molecule has 1 atom stereocenters. The summed E-state index contributed by atoms with van der Waals surface area (Å²) in [5.74, 6) is 0.343. The van der Waals surface area contributed by atoms with Gasteiger partial charge in [-0.25, -0.2) is 0 Å². The zero-order valence-corrected chi connectivity index (χ0v) is 12.1. The largest absolute Gasteiger partial charge is 0.397 e. The van der Waals surface area contributed by atoms with Crippen LogP contribution in [0.4, 0.5) is 11.4 Å². The lowest BCUT2D eigenvalue weighted by Gasteiger charge is -2.32. The molecule has 0 radical (unpaired) electrons. The van der Waals surface area contributed by atoms with E-state index in [2.05, 4.69) is 13.8 Å². The van der Waals surface area contributed by atoms with E-state index in [1.165, 1.54) is 0 Å². The molecule has 2 N–H and O–H groups in total. The van der Waals surface area contributed by atoms with E-state index in [4.69, 9.17) is 5.73 Å². The predicted octanol–water partition coefficient (Wildman–Crippen LogP) is 3.45. The Morgan fingerprint density at radius 2 is 2.11 bits per heavy atom. The van der Waals surface area contributed by atoms with Gasteiger partial charge in [0, 0.05) is 12.5 Å². The minimum Gasteiger partial charge on any atom is -0.397 e. The van der Waals surface area contributed by atoms with Crippen LogP contribution >= 0.6 is 0 Å². The fourth-order valence-electron chi connectivity index (χ4n) is 3.15. The molecule has 0 spiro atoms. The van der Waals surface area contributed by atoms with Crippen molar-refractivity contribution in [1.29, 1.82) is 0 Å². The van der Waals surface area contributed by atoms with Crippen LogP contribution in [0.15, 0.2) is 24.3 Å². The van der Waals surface area contributed by atoms with E-state index in [1.807, 2.05) is 36.1 Å². The molecule has 0 saturated heterocycles. The molecule has 1 amide bonds. The number of nitrogens with two attached hydrogens (primary N) is 1. The van der Waals surface area contributed by atoms with Crippen molar-refractivity contribution >= 4 is 17.3 Å². The normalized spacial score (nSPS) is 21.3. The summed E-state index contributed by atoms with van der Waals surface area (Å²) in [4.78, 5) is 14.7. The topological polar surface area (TPSA) is 46.3 Å². The molecule has 1 aliphatic carbocycles. The third-order valence-corrected chi connectivity index (χ3v) is 4.37. The number of carbonyl (C=O) groups is 1. The second-order valence-corrected chi connectivity index (χ2v) is 6.07. The molecule has 2 rings (SSSR count).